The van der Waals surface area contributed by atoms with Crippen LogP contribution in [0.25, 0.3) is 0 Å². The van der Waals surface area contributed by atoms with Crippen molar-refractivity contribution in [1.29, 1.82) is 0 Å². The topological polar surface area (TPSA) is 56.7 Å². The molecule has 0 bridgehead atoms. The van der Waals surface area contributed by atoms with Gasteiger partial charge in [0.15, 0.2) is 0 Å². The molecule has 0 radical (unpaired) electrons. The van der Waals surface area contributed by atoms with E-state index in [1.807, 2.05) is 11.8 Å². The molecule has 82 valence electrons. The number of aryl methyl sites for hydroxylation is 1. The van der Waals surface area contributed by atoms with E-state index in [4.69, 9.17) is 5.73 Å². The summed E-state index contributed by atoms with van der Waals surface area (Å²) in [5, 5.41) is 8.50. The van der Waals surface area contributed by atoms with Gasteiger partial charge in [0.25, 0.3) is 0 Å². The van der Waals surface area contributed by atoms with Crippen LogP contribution in [0.1, 0.15) is 30.9 Å². The van der Waals surface area contributed by atoms with Crippen molar-refractivity contribution in [3.05, 3.63) is 11.6 Å². The number of aromatic nitrogens is 3. The van der Waals surface area contributed by atoms with Crippen LogP contribution in [-0.4, -0.2) is 26.1 Å². The second-order valence-corrected chi connectivity index (χ2v) is 5.70. The summed E-state index contributed by atoms with van der Waals surface area (Å²) in [7, 11) is 0. The van der Waals surface area contributed by atoms with Gasteiger partial charge >= 0.3 is 0 Å². The lowest BCUT2D eigenvalue weighted by atomic mass is 10.1. The van der Waals surface area contributed by atoms with Gasteiger partial charge in [0.05, 0.1) is 5.75 Å². The van der Waals surface area contributed by atoms with Crippen molar-refractivity contribution >= 4 is 11.8 Å². The third kappa shape index (κ3) is 1.90. The third-order valence-corrected chi connectivity index (χ3v) is 4.27. The standard InChI is InChI=1S/C10H16N4S/c11-10(3-4-10)2-1-8-12-13-9-7-15-6-5-14(8)9/h1-7,11H2. The van der Waals surface area contributed by atoms with Crippen LogP contribution in [0, 0.1) is 0 Å². The Hall–Kier alpha value is -0.550. The van der Waals surface area contributed by atoms with Crippen molar-refractivity contribution < 1.29 is 0 Å². The number of nitrogens with zero attached hydrogens (tertiary/aromatic N) is 3. The van der Waals surface area contributed by atoms with Crippen LogP contribution in [0.3, 0.4) is 0 Å². The molecule has 5 heteroatoms. The molecular weight excluding hydrogens is 208 g/mol. The summed E-state index contributed by atoms with van der Waals surface area (Å²) < 4.78 is 2.28. The first kappa shape index (κ1) is 9.66. The van der Waals surface area contributed by atoms with Gasteiger partial charge in [-0.2, -0.15) is 11.8 Å². The molecule has 1 saturated carbocycles. The number of hydrogen-bond donors (Lipinski definition) is 1. The normalized spacial score (nSPS) is 22.5. The summed E-state index contributed by atoms with van der Waals surface area (Å²) in [5.41, 5.74) is 6.21. The number of thioether (sulfide) groups is 1. The van der Waals surface area contributed by atoms with Crippen LogP contribution >= 0.6 is 11.8 Å². The number of nitrogens with two attached hydrogens (primary N) is 1. The Bertz CT molecular complexity index is 369. The average Bonchev–Trinajstić information content (AvgIpc) is 2.86. The summed E-state index contributed by atoms with van der Waals surface area (Å²) >= 11 is 1.94. The van der Waals surface area contributed by atoms with E-state index in [2.05, 4.69) is 14.8 Å². The largest absolute Gasteiger partial charge is 0.325 e. The Morgan fingerprint density at radius 1 is 1.40 bits per heavy atom. The SMILES string of the molecule is NC1(CCc2nnc3n2CCSC3)CC1. The second-order valence-electron chi connectivity index (χ2n) is 4.60. The molecule has 1 aliphatic heterocycles. The summed E-state index contributed by atoms with van der Waals surface area (Å²) in [4.78, 5) is 0. The van der Waals surface area contributed by atoms with Gasteiger partial charge in [-0.1, -0.05) is 0 Å². The van der Waals surface area contributed by atoms with E-state index in [1.54, 1.807) is 0 Å². The highest BCUT2D eigenvalue weighted by molar-refractivity contribution is 7.98. The molecule has 3 rings (SSSR count). The first-order valence-electron chi connectivity index (χ1n) is 5.54. The number of rotatable bonds is 3. The Kier molecular flexibility index (Phi) is 2.25. The molecule has 1 aliphatic carbocycles. The molecular formula is C10H16N4S. The average molecular weight is 224 g/mol. The highest BCUT2D eigenvalue weighted by Crippen LogP contribution is 2.36. The smallest absolute Gasteiger partial charge is 0.143 e. The summed E-state index contributed by atoms with van der Waals surface area (Å²) in [6.45, 7) is 1.07. The van der Waals surface area contributed by atoms with Crippen molar-refractivity contribution in [2.45, 2.75) is 43.5 Å². The maximum Gasteiger partial charge on any atom is 0.143 e. The van der Waals surface area contributed by atoms with E-state index < -0.39 is 0 Å². The predicted molar refractivity (Wildman–Crippen MR) is 60.7 cm³/mol. The summed E-state index contributed by atoms with van der Waals surface area (Å²) in [6, 6.07) is 0. The number of fused-ring (bicyclic) bond motifs is 1. The molecule has 4 nitrogen and oxygen atoms in total. The van der Waals surface area contributed by atoms with E-state index in [0.29, 0.717) is 0 Å². The fraction of sp³-hybridized carbons (Fsp3) is 0.800. The van der Waals surface area contributed by atoms with E-state index in [9.17, 15) is 0 Å². The van der Waals surface area contributed by atoms with Gasteiger partial charge < -0.3 is 10.3 Å². The van der Waals surface area contributed by atoms with Gasteiger partial charge in [0.1, 0.15) is 11.6 Å². The summed E-state index contributed by atoms with van der Waals surface area (Å²) in [6.07, 6.45) is 4.43. The van der Waals surface area contributed by atoms with E-state index in [0.717, 1.165) is 36.8 Å². The van der Waals surface area contributed by atoms with E-state index in [-0.39, 0.29) is 5.54 Å². The molecule has 1 aromatic rings. The molecule has 0 unspecified atom stereocenters. The molecule has 0 spiro atoms. The lowest BCUT2D eigenvalue weighted by Crippen LogP contribution is -2.23. The zero-order chi connectivity index (χ0) is 10.3. The quantitative estimate of drug-likeness (QED) is 0.830. The molecule has 0 atom stereocenters. The minimum Gasteiger partial charge on any atom is -0.325 e. The van der Waals surface area contributed by atoms with Crippen LogP contribution in [0.2, 0.25) is 0 Å². The minimum absolute atomic E-state index is 0.135. The highest BCUT2D eigenvalue weighted by Gasteiger charge is 2.37. The van der Waals surface area contributed by atoms with Gasteiger partial charge in [-0.25, -0.2) is 0 Å². The van der Waals surface area contributed by atoms with Gasteiger partial charge in [-0.15, -0.1) is 10.2 Å². The zero-order valence-electron chi connectivity index (χ0n) is 8.78. The lowest BCUT2D eigenvalue weighted by molar-refractivity contribution is 0.571. The van der Waals surface area contributed by atoms with Crippen molar-refractivity contribution in [3.8, 4) is 0 Å². The fourth-order valence-electron chi connectivity index (χ4n) is 2.01. The summed E-state index contributed by atoms with van der Waals surface area (Å²) in [5.74, 6) is 4.48. The Labute approximate surface area is 93.6 Å². The predicted octanol–water partition coefficient (Wildman–Crippen LogP) is 0.949. The van der Waals surface area contributed by atoms with Crippen molar-refractivity contribution in [2.24, 2.45) is 5.73 Å². The highest BCUT2D eigenvalue weighted by atomic mass is 32.2. The van der Waals surface area contributed by atoms with Crippen LogP contribution < -0.4 is 5.73 Å². The molecule has 0 aromatic carbocycles. The van der Waals surface area contributed by atoms with Gasteiger partial charge in [-0.05, 0) is 19.3 Å². The van der Waals surface area contributed by atoms with Crippen LogP contribution in [0.4, 0.5) is 0 Å². The zero-order valence-corrected chi connectivity index (χ0v) is 9.59. The molecule has 2 heterocycles. The first-order valence-corrected chi connectivity index (χ1v) is 6.70. The second kappa shape index (κ2) is 3.49. The van der Waals surface area contributed by atoms with Crippen molar-refractivity contribution in [3.63, 3.8) is 0 Å². The van der Waals surface area contributed by atoms with Crippen LogP contribution in [-0.2, 0) is 18.7 Å². The molecule has 0 saturated heterocycles. The lowest BCUT2D eigenvalue weighted by Gasteiger charge is -2.15. The Balaban J connectivity index is 1.71. The van der Waals surface area contributed by atoms with E-state index >= 15 is 0 Å². The van der Waals surface area contributed by atoms with Crippen LogP contribution in [0.5, 0.6) is 0 Å². The molecule has 1 fully saturated rings. The maximum absolute atomic E-state index is 6.08. The fourth-order valence-corrected chi connectivity index (χ4v) is 2.86. The van der Waals surface area contributed by atoms with E-state index in [1.165, 1.54) is 18.6 Å². The van der Waals surface area contributed by atoms with Crippen molar-refractivity contribution in [2.75, 3.05) is 5.75 Å². The Morgan fingerprint density at radius 3 is 3.07 bits per heavy atom. The monoisotopic (exact) mass is 224 g/mol. The Morgan fingerprint density at radius 2 is 2.27 bits per heavy atom. The number of hydrogen-bond acceptors (Lipinski definition) is 4. The maximum atomic E-state index is 6.08. The van der Waals surface area contributed by atoms with Crippen LogP contribution in [0.15, 0.2) is 0 Å². The molecule has 2 aliphatic rings. The molecule has 15 heavy (non-hydrogen) atoms. The third-order valence-electron chi connectivity index (χ3n) is 3.33. The van der Waals surface area contributed by atoms with Gasteiger partial charge in [0, 0.05) is 24.3 Å². The van der Waals surface area contributed by atoms with Gasteiger partial charge in [0.2, 0.25) is 0 Å². The molecule has 1 aromatic heterocycles. The van der Waals surface area contributed by atoms with Crippen molar-refractivity contribution in [1.82, 2.24) is 14.8 Å². The minimum atomic E-state index is 0.135. The van der Waals surface area contributed by atoms with Gasteiger partial charge in [-0.3, -0.25) is 0 Å². The first-order chi connectivity index (χ1) is 7.27. The molecule has 2 N–H and O–H groups in total. The molecule has 0 amide bonds.